The fraction of sp³-hybridized carbons (Fsp3) is 0.406. The Balaban J connectivity index is 1.23. The van der Waals surface area contributed by atoms with Gasteiger partial charge in [0.05, 0.1) is 17.6 Å². The summed E-state index contributed by atoms with van der Waals surface area (Å²) in [6.07, 6.45) is 1.64. The maximum atomic E-state index is 12.7. The van der Waals surface area contributed by atoms with Gasteiger partial charge in [-0.2, -0.15) is 0 Å². The molecule has 2 aromatic heterocycles. The van der Waals surface area contributed by atoms with Crippen molar-refractivity contribution in [3.8, 4) is 11.5 Å². The highest BCUT2D eigenvalue weighted by molar-refractivity contribution is 5.91. The van der Waals surface area contributed by atoms with E-state index >= 15 is 0 Å². The molecule has 0 bridgehead atoms. The number of amides is 1. The van der Waals surface area contributed by atoms with Crippen LogP contribution in [0.5, 0.6) is 11.5 Å². The van der Waals surface area contributed by atoms with E-state index in [1.807, 2.05) is 29.8 Å². The van der Waals surface area contributed by atoms with Crippen LogP contribution in [0.2, 0.25) is 0 Å². The molecule has 3 heterocycles. The number of aromatic nitrogens is 3. The summed E-state index contributed by atoms with van der Waals surface area (Å²) < 4.78 is 8.17. The van der Waals surface area contributed by atoms with Gasteiger partial charge in [-0.1, -0.05) is 32.9 Å². The van der Waals surface area contributed by atoms with E-state index in [0.29, 0.717) is 29.9 Å². The highest BCUT2D eigenvalue weighted by Crippen LogP contribution is 2.30. The van der Waals surface area contributed by atoms with Crippen LogP contribution < -0.4 is 15.4 Å². The van der Waals surface area contributed by atoms with Gasteiger partial charge in [-0.25, -0.2) is 9.97 Å². The van der Waals surface area contributed by atoms with Gasteiger partial charge in [0.25, 0.3) is 0 Å². The zero-order chi connectivity index (χ0) is 29.1. The average molecular weight is 556 g/mol. The second-order valence-corrected chi connectivity index (χ2v) is 12.0. The van der Waals surface area contributed by atoms with Crippen molar-refractivity contribution in [2.24, 2.45) is 7.05 Å². The molecule has 9 nitrogen and oxygen atoms in total. The Morgan fingerprint density at radius 2 is 1.76 bits per heavy atom. The van der Waals surface area contributed by atoms with Crippen molar-refractivity contribution in [3.05, 3.63) is 66.4 Å². The predicted octanol–water partition coefficient (Wildman–Crippen LogP) is 5.77. The second-order valence-electron chi connectivity index (χ2n) is 12.0. The number of piperazine rings is 1. The number of benzene rings is 2. The normalized spacial score (nSPS) is 14.9. The number of fused-ring (bicyclic) bond motifs is 1. The van der Waals surface area contributed by atoms with Crippen LogP contribution >= 0.6 is 0 Å². The number of nitrogens with zero attached hydrogens (tertiary/aromatic N) is 5. The fourth-order valence-corrected chi connectivity index (χ4v) is 5.05. The molecule has 5 rings (SSSR count). The van der Waals surface area contributed by atoms with Crippen LogP contribution in [0.15, 0.2) is 60.8 Å². The lowest BCUT2D eigenvalue weighted by molar-refractivity contribution is -0.117. The van der Waals surface area contributed by atoms with Gasteiger partial charge in [0.1, 0.15) is 17.3 Å². The Bertz CT molecular complexity index is 1510. The molecule has 1 aliphatic rings. The average Bonchev–Trinajstić information content (AvgIpc) is 3.22. The topological polar surface area (TPSA) is 87.5 Å². The molecule has 1 fully saturated rings. The highest BCUT2D eigenvalue weighted by atomic mass is 16.5. The third kappa shape index (κ3) is 7.04. The molecule has 2 N–H and O–H groups in total. The van der Waals surface area contributed by atoms with Crippen molar-refractivity contribution in [2.45, 2.75) is 46.1 Å². The summed E-state index contributed by atoms with van der Waals surface area (Å²) in [6.45, 7) is 15.1. The van der Waals surface area contributed by atoms with Crippen LogP contribution in [0.4, 0.5) is 17.5 Å². The van der Waals surface area contributed by atoms with Gasteiger partial charge < -0.3 is 19.9 Å². The number of hydrogen-bond donors (Lipinski definition) is 2. The number of imidazole rings is 1. The molecule has 1 saturated heterocycles. The Morgan fingerprint density at radius 1 is 1.00 bits per heavy atom. The van der Waals surface area contributed by atoms with Crippen LogP contribution in [0, 0.1) is 0 Å². The van der Waals surface area contributed by atoms with Crippen LogP contribution in [-0.2, 0) is 17.3 Å². The van der Waals surface area contributed by atoms with Crippen molar-refractivity contribution in [3.63, 3.8) is 0 Å². The van der Waals surface area contributed by atoms with E-state index in [1.54, 1.807) is 18.3 Å². The molecular formula is C32H41N7O2. The van der Waals surface area contributed by atoms with Crippen molar-refractivity contribution >= 4 is 34.4 Å². The minimum Gasteiger partial charge on any atom is -0.457 e. The van der Waals surface area contributed by atoms with Crippen LogP contribution in [0.25, 0.3) is 11.0 Å². The van der Waals surface area contributed by atoms with Crippen molar-refractivity contribution in [2.75, 3.05) is 43.4 Å². The third-order valence-corrected chi connectivity index (χ3v) is 7.58. The number of ether oxygens (including phenoxy) is 1. The zero-order valence-electron chi connectivity index (χ0n) is 24.9. The number of carbonyl (C=O) groups is 1. The molecular weight excluding hydrogens is 514 g/mol. The summed E-state index contributed by atoms with van der Waals surface area (Å²) in [5.74, 6) is 2.39. The standard InChI is InChI=1S/C32H41N7O2/c1-22(2)39-16-14-38(15-17-39)21-30(40)36-29-20-26(12-13-33-29)41-25-10-11-28-27(19-25)35-31(37(28)6)34-24-9-7-8-23(18-24)32(3,4)5/h7-13,18-20,22H,14-17,21H2,1-6H3,(H,34,35)(H,33,36,40). The van der Waals surface area contributed by atoms with E-state index in [9.17, 15) is 4.79 Å². The summed E-state index contributed by atoms with van der Waals surface area (Å²) in [5, 5.41) is 6.38. The summed E-state index contributed by atoms with van der Waals surface area (Å²) in [5.41, 5.74) is 4.13. The highest BCUT2D eigenvalue weighted by Gasteiger charge is 2.21. The first-order valence-electron chi connectivity index (χ1n) is 14.3. The first kappa shape index (κ1) is 28.6. The molecule has 4 aromatic rings. The first-order chi connectivity index (χ1) is 19.5. The monoisotopic (exact) mass is 555 g/mol. The van der Waals surface area contributed by atoms with Crippen LogP contribution in [0.3, 0.4) is 0 Å². The molecule has 216 valence electrons. The molecule has 0 atom stereocenters. The quantitative estimate of drug-likeness (QED) is 0.286. The largest absolute Gasteiger partial charge is 0.457 e. The van der Waals surface area contributed by atoms with Gasteiger partial charge in [-0.15, -0.1) is 0 Å². The van der Waals surface area contributed by atoms with Crippen molar-refractivity contribution in [1.29, 1.82) is 0 Å². The van der Waals surface area contributed by atoms with Gasteiger partial charge in [-0.3, -0.25) is 14.6 Å². The molecule has 0 spiro atoms. The SMILES string of the molecule is CC(C)N1CCN(CC(=O)Nc2cc(Oc3ccc4c(c3)nc(Nc3cccc(C(C)(C)C)c3)n4C)ccn2)CC1. The third-order valence-electron chi connectivity index (χ3n) is 7.58. The van der Waals surface area contributed by atoms with Crippen molar-refractivity contribution in [1.82, 2.24) is 24.3 Å². The van der Waals surface area contributed by atoms with Crippen molar-refractivity contribution < 1.29 is 9.53 Å². The Labute approximate surface area is 242 Å². The van der Waals surface area contributed by atoms with Gasteiger partial charge in [0.15, 0.2) is 0 Å². The summed E-state index contributed by atoms with van der Waals surface area (Å²) in [7, 11) is 1.99. The predicted molar refractivity (Wildman–Crippen MR) is 165 cm³/mol. The minimum absolute atomic E-state index is 0.0645. The van der Waals surface area contributed by atoms with E-state index in [0.717, 1.165) is 48.8 Å². The lowest BCUT2D eigenvalue weighted by atomic mass is 9.87. The molecule has 0 unspecified atom stereocenters. The number of carbonyl (C=O) groups excluding carboxylic acids is 1. The van der Waals surface area contributed by atoms with Crippen LogP contribution in [0.1, 0.15) is 40.2 Å². The Hall–Kier alpha value is -3.95. The smallest absolute Gasteiger partial charge is 0.239 e. The molecule has 0 saturated carbocycles. The Kier molecular flexibility index (Phi) is 8.28. The van der Waals surface area contributed by atoms with Gasteiger partial charge >= 0.3 is 0 Å². The first-order valence-corrected chi connectivity index (χ1v) is 14.3. The summed E-state index contributed by atoms with van der Waals surface area (Å²) >= 11 is 0. The molecule has 1 amide bonds. The zero-order valence-corrected chi connectivity index (χ0v) is 24.9. The lowest BCUT2D eigenvalue weighted by Gasteiger charge is -2.36. The Morgan fingerprint density at radius 3 is 2.49 bits per heavy atom. The maximum absolute atomic E-state index is 12.7. The molecule has 0 radical (unpaired) electrons. The molecule has 0 aliphatic carbocycles. The fourth-order valence-electron chi connectivity index (χ4n) is 5.05. The number of anilines is 3. The number of pyridine rings is 1. The lowest BCUT2D eigenvalue weighted by Crippen LogP contribution is -2.50. The number of rotatable bonds is 8. The van der Waals surface area contributed by atoms with Gasteiger partial charge in [0.2, 0.25) is 11.9 Å². The maximum Gasteiger partial charge on any atom is 0.239 e. The number of nitrogens with one attached hydrogen (secondary N) is 2. The number of hydrogen-bond acceptors (Lipinski definition) is 7. The molecule has 41 heavy (non-hydrogen) atoms. The molecule has 2 aromatic carbocycles. The summed E-state index contributed by atoms with van der Waals surface area (Å²) in [6, 6.07) is 18.3. The minimum atomic E-state index is -0.0735. The van der Waals surface area contributed by atoms with Gasteiger partial charge in [-0.05, 0) is 55.2 Å². The van der Waals surface area contributed by atoms with E-state index in [4.69, 9.17) is 9.72 Å². The van der Waals surface area contributed by atoms with Crippen LogP contribution in [-0.4, -0.2) is 69.0 Å². The van der Waals surface area contributed by atoms with E-state index < -0.39 is 0 Å². The molecule has 9 heteroatoms. The van der Waals surface area contributed by atoms with E-state index in [1.165, 1.54) is 5.56 Å². The van der Waals surface area contributed by atoms with E-state index in [2.05, 4.69) is 84.3 Å². The van der Waals surface area contributed by atoms with E-state index in [-0.39, 0.29) is 11.3 Å². The summed E-state index contributed by atoms with van der Waals surface area (Å²) in [4.78, 5) is 26.4. The number of aryl methyl sites for hydroxylation is 1. The second kappa shape index (κ2) is 11.9. The molecule has 1 aliphatic heterocycles. The van der Waals surface area contributed by atoms with Gasteiger partial charge in [0, 0.05) is 63.3 Å².